The van der Waals surface area contributed by atoms with Crippen LogP contribution in [0.1, 0.15) is 16.7 Å². The fraction of sp³-hybridized carbons (Fsp3) is 0.250. The van der Waals surface area contributed by atoms with E-state index in [1.54, 1.807) is 6.07 Å². The van der Waals surface area contributed by atoms with Gasteiger partial charge in [0.25, 0.3) is 0 Å². The largest absolute Gasteiger partial charge is 0.372 e. The molecule has 0 spiro atoms. The summed E-state index contributed by atoms with van der Waals surface area (Å²) in [6.07, 6.45) is 0. The first-order valence-electron chi connectivity index (χ1n) is 6.41. The zero-order valence-electron chi connectivity index (χ0n) is 10.9. The summed E-state index contributed by atoms with van der Waals surface area (Å²) in [5, 5.41) is 3.08. The minimum absolute atomic E-state index is 0.196. The highest BCUT2D eigenvalue weighted by Gasteiger charge is 2.13. The Labute approximate surface area is 112 Å². The molecule has 0 aliphatic carbocycles. The van der Waals surface area contributed by atoms with E-state index >= 15 is 0 Å². The van der Waals surface area contributed by atoms with Gasteiger partial charge in [-0.15, -0.1) is 0 Å². The summed E-state index contributed by atoms with van der Waals surface area (Å²) < 4.78 is 18.8. The van der Waals surface area contributed by atoms with Crippen LogP contribution in [0.3, 0.4) is 0 Å². The van der Waals surface area contributed by atoms with Crippen LogP contribution in [0.4, 0.5) is 4.39 Å². The SMILES string of the molecule is CNCc1cc(F)ccc1-c1ccc2c(c1)COC2. The lowest BCUT2D eigenvalue weighted by molar-refractivity contribution is 0.134. The third-order valence-corrected chi connectivity index (χ3v) is 3.47. The average molecular weight is 257 g/mol. The number of nitrogens with one attached hydrogen (secondary N) is 1. The molecule has 0 unspecified atom stereocenters. The van der Waals surface area contributed by atoms with E-state index in [1.807, 2.05) is 13.1 Å². The Bertz CT molecular complexity index is 610. The zero-order chi connectivity index (χ0) is 13.2. The number of hydrogen-bond donors (Lipinski definition) is 1. The first-order valence-corrected chi connectivity index (χ1v) is 6.41. The molecule has 2 nitrogen and oxygen atoms in total. The molecule has 1 aliphatic heterocycles. The number of benzene rings is 2. The molecular formula is C16H16FNO. The molecule has 2 aromatic carbocycles. The first-order chi connectivity index (χ1) is 9.28. The second kappa shape index (κ2) is 5.11. The summed E-state index contributed by atoms with van der Waals surface area (Å²) >= 11 is 0. The predicted octanol–water partition coefficient (Wildman–Crippen LogP) is 3.24. The molecule has 0 amide bonds. The van der Waals surface area contributed by atoms with Gasteiger partial charge in [-0.1, -0.05) is 18.2 Å². The Kier molecular flexibility index (Phi) is 3.32. The summed E-state index contributed by atoms with van der Waals surface area (Å²) in [6, 6.07) is 11.3. The van der Waals surface area contributed by atoms with Crippen molar-refractivity contribution in [3.8, 4) is 11.1 Å². The summed E-state index contributed by atoms with van der Waals surface area (Å²) in [6.45, 7) is 2.02. The minimum Gasteiger partial charge on any atom is -0.372 e. The van der Waals surface area contributed by atoms with Gasteiger partial charge in [0.05, 0.1) is 13.2 Å². The van der Waals surface area contributed by atoms with E-state index in [2.05, 4.69) is 23.5 Å². The van der Waals surface area contributed by atoms with Crippen LogP contribution < -0.4 is 5.32 Å². The van der Waals surface area contributed by atoms with Crippen molar-refractivity contribution in [2.24, 2.45) is 0 Å². The second-order valence-electron chi connectivity index (χ2n) is 4.81. The van der Waals surface area contributed by atoms with Gasteiger partial charge < -0.3 is 10.1 Å². The Hall–Kier alpha value is -1.71. The Morgan fingerprint density at radius 3 is 2.79 bits per heavy atom. The molecular weight excluding hydrogens is 241 g/mol. The topological polar surface area (TPSA) is 21.3 Å². The lowest BCUT2D eigenvalue weighted by Gasteiger charge is -2.11. The second-order valence-corrected chi connectivity index (χ2v) is 4.81. The van der Waals surface area contributed by atoms with E-state index in [0.29, 0.717) is 19.8 Å². The van der Waals surface area contributed by atoms with Gasteiger partial charge in [-0.05, 0) is 53.1 Å². The van der Waals surface area contributed by atoms with Crippen molar-refractivity contribution in [3.63, 3.8) is 0 Å². The van der Waals surface area contributed by atoms with Crippen molar-refractivity contribution >= 4 is 0 Å². The number of ether oxygens (including phenoxy) is 1. The molecule has 3 rings (SSSR count). The molecule has 19 heavy (non-hydrogen) atoms. The van der Waals surface area contributed by atoms with Gasteiger partial charge in [-0.3, -0.25) is 0 Å². The molecule has 3 heteroatoms. The number of hydrogen-bond acceptors (Lipinski definition) is 2. The van der Waals surface area contributed by atoms with E-state index in [4.69, 9.17) is 4.74 Å². The van der Waals surface area contributed by atoms with Crippen molar-refractivity contribution in [3.05, 3.63) is 58.9 Å². The molecule has 2 aromatic rings. The lowest BCUT2D eigenvalue weighted by Crippen LogP contribution is -2.06. The standard InChI is InChI=1S/C16H16FNO/c1-18-8-13-7-15(17)4-5-16(13)11-2-3-12-9-19-10-14(12)6-11/h2-7,18H,8-10H2,1H3. The summed E-state index contributed by atoms with van der Waals surface area (Å²) in [4.78, 5) is 0. The highest BCUT2D eigenvalue weighted by Crippen LogP contribution is 2.29. The number of rotatable bonds is 3. The average Bonchev–Trinajstić information content (AvgIpc) is 2.86. The fourth-order valence-corrected chi connectivity index (χ4v) is 2.52. The van der Waals surface area contributed by atoms with Crippen molar-refractivity contribution < 1.29 is 9.13 Å². The van der Waals surface area contributed by atoms with Crippen LogP contribution in [0, 0.1) is 5.82 Å². The molecule has 0 saturated heterocycles. The maximum absolute atomic E-state index is 13.4. The Morgan fingerprint density at radius 2 is 1.95 bits per heavy atom. The normalized spacial score (nSPS) is 13.6. The smallest absolute Gasteiger partial charge is 0.123 e. The highest BCUT2D eigenvalue weighted by molar-refractivity contribution is 5.68. The highest BCUT2D eigenvalue weighted by atomic mass is 19.1. The third kappa shape index (κ3) is 2.39. The molecule has 0 aromatic heterocycles. The van der Waals surface area contributed by atoms with Crippen molar-refractivity contribution in [2.75, 3.05) is 7.05 Å². The van der Waals surface area contributed by atoms with Crippen LogP contribution in [0.15, 0.2) is 36.4 Å². The summed E-state index contributed by atoms with van der Waals surface area (Å²) in [5.74, 6) is -0.196. The van der Waals surface area contributed by atoms with E-state index in [1.165, 1.54) is 17.2 Å². The molecule has 98 valence electrons. The summed E-state index contributed by atoms with van der Waals surface area (Å²) in [7, 11) is 1.87. The van der Waals surface area contributed by atoms with Crippen LogP contribution in [0.5, 0.6) is 0 Å². The quantitative estimate of drug-likeness (QED) is 0.911. The monoisotopic (exact) mass is 257 g/mol. The number of halogens is 1. The van der Waals surface area contributed by atoms with Gasteiger partial charge in [0, 0.05) is 6.54 Å². The van der Waals surface area contributed by atoms with Gasteiger partial charge >= 0.3 is 0 Å². The predicted molar refractivity (Wildman–Crippen MR) is 73.1 cm³/mol. The maximum Gasteiger partial charge on any atom is 0.123 e. The molecule has 0 fully saturated rings. The lowest BCUT2D eigenvalue weighted by atomic mass is 9.96. The van der Waals surface area contributed by atoms with Crippen LogP contribution >= 0.6 is 0 Å². The van der Waals surface area contributed by atoms with Crippen LogP contribution in [-0.4, -0.2) is 7.05 Å². The Balaban J connectivity index is 2.06. The molecule has 1 N–H and O–H groups in total. The molecule has 0 saturated carbocycles. The zero-order valence-corrected chi connectivity index (χ0v) is 10.9. The van der Waals surface area contributed by atoms with Crippen LogP contribution in [0.25, 0.3) is 11.1 Å². The van der Waals surface area contributed by atoms with E-state index < -0.39 is 0 Å². The molecule has 1 heterocycles. The molecule has 0 bridgehead atoms. The fourth-order valence-electron chi connectivity index (χ4n) is 2.52. The van der Waals surface area contributed by atoms with Crippen molar-refractivity contribution in [1.29, 1.82) is 0 Å². The van der Waals surface area contributed by atoms with Crippen molar-refractivity contribution in [2.45, 2.75) is 19.8 Å². The molecule has 0 atom stereocenters. The Morgan fingerprint density at radius 1 is 1.11 bits per heavy atom. The van der Waals surface area contributed by atoms with E-state index in [-0.39, 0.29) is 5.82 Å². The van der Waals surface area contributed by atoms with E-state index in [0.717, 1.165) is 16.7 Å². The third-order valence-electron chi connectivity index (χ3n) is 3.47. The van der Waals surface area contributed by atoms with Crippen molar-refractivity contribution in [1.82, 2.24) is 5.32 Å². The van der Waals surface area contributed by atoms with Crippen LogP contribution in [-0.2, 0) is 24.5 Å². The van der Waals surface area contributed by atoms with Gasteiger partial charge in [-0.2, -0.15) is 0 Å². The van der Waals surface area contributed by atoms with Gasteiger partial charge in [0.15, 0.2) is 0 Å². The minimum atomic E-state index is -0.196. The first kappa shape index (κ1) is 12.3. The van der Waals surface area contributed by atoms with Gasteiger partial charge in [0.2, 0.25) is 0 Å². The van der Waals surface area contributed by atoms with E-state index in [9.17, 15) is 4.39 Å². The van der Waals surface area contributed by atoms with Crippen LogP contribution in [0.2, 0.25) is 0 Å². The maximum atomic E-state index is 13.4. The van der Waals surface area contributed by atoms with Gasteiger partial charge in [-0.25, -0.2) is 4.39 Å². The number of fused-ring (bicyclic) bond motifs is 1. The van der Waals surface area contributed by atoms with Gasteiger partial charge in [0.1, 0.15) is 5.82 Å². The molecule has 1 aliphatic rings. The summed E-state index contributed by atoms with van der Waals surface area (Å²) in [5.41, 5.74) is 5.65. The molecule has 0 radical (unpaired) electrons.